The van der Waals surface area contributed by atoms with Gasteiger partial charge in [-0.15, -0.1) is 0 Å². The first-order chi connectivity index (χ1) is 9.97. The Morgan fingerprint density at radius 1 is 1.24 bits per heavy atom. The second-order valence-electron chi connectivity index (χ2n) is 4.84. The summed E-state index contributed by atoms with van der Waals surface area (Å²) in [5, 5.41) is 8.86. The fourth-order valence-electron chi connectivity index (χ4n) is 1.91. The molecule has 0 aromatic heterocycles. The maximum atomic E-state index is 12.3. The highest BCUT2D eigenvalue weighted by molar-refractivity contribution is 5.96. The number of carboxylic acid groups (broad SMARTS) is 1. The number of nitrogens with two attached hydrogens (primary N) is 1. The molecule has 0 atom stereocenters. The number of carboxylic acids is 1. The van der Waals surface area contributed by atoms with Gasteiger partial charge < -0.3 is 20.5 Å². The Morgan fingerprint density at radius 2 is 1.86 bits per heavy atom. The van der Waals surface area contributed by atoms with Crippen LogP contribution in [-0.2, 0) is 9.59 Å². The zero-order valence-corrected chi connectivity index (χ0v) is 11.3. The van der Waals surface area contributed by atoms with Gasteiger partial charge in [-0.1, -0.05) is 0 Å². The number of rotatable bonds is 7. The van der Waals surface area contributed by atoms with Crippen LogP contribution >= 0.6 is 0 Å². The van der Waals surface area contributed by atoms with Gasteiger partial charge >= 0.3 is 5.97 Å². The van der Waals surface area contributed by atoms with E-state index in [2.05, 4.69) is 0 Å². The number of amides is 2. The Balaban J connectivity index is 2.04. The van der Waals surface area contributed by atoms with Crippen LogP contribution < -0.4 is 10.5 Å². The van der Waals surface area contributed by atoms with Crippen LogP contribution in [0.1, 0.15) is 23.2 Å². The number of benzene rings is 1. The Hall–Kier alpha value is -2.57. The largest absolute Gasteiger partial charge is 0.484 e. The second kappa shape index (κ2) is 6.25. The van der Waals surface area contributed by atoms with Crippen LogP contribution in [0.25, 0.3) is 0 Å². The van der Waals surface area contributed by atoms with E-state index in [-0.39, 0.29) is 25.1 Å². The van der Waals surface area contributed by atoms with Crippen molar-refractivity contribution in [1.29, 1.82) is 0 Å². The molecule has 1 aliphatic carbocycles. The van der Waals surface area contributed by atoms with Gasteiger partial charge in [0.2, 0.25) is 0 Å². The topological polar surface area (TPSA) is 110 Å². The molecule has 0 unspecified atom stereocenters. The Bertz CT molecular complexity index is 551. The fraction of sp³-hybridized carbons (Fsp3) is 0.357. The summed E-state index contributed by atoms with van der Waals surface area (Å²) in [6.45, 7) is -0.538. The molecule has 3 N–H and O–H groups in total. The number of hydrogen-bond donors (Lipinski definition) is 2. The maximum absolute atomic E-state index is 12.3. The summed E-state index contributed by atoms with van der Waals surface area (Å²) in [7, 11) is 0. The van der Waals surface area contributed by atoms with Crippen molar-refractivity contribution in [2.75, 3.05) is 13.2 Å². The highest BCUT2D eigenvalue weighted by Gasteiger charge is 2.34. The van der Waals surface area contributed by atoms with Gasteiger partial charge in [0.25, 0.3) is 11.8 Å². The molecular weight excluding hydrogens is 276 g/mol. The first-order valence-electron chi connectivity index (χ1n) is 6.51. The summed E-state index contributed by atoms with van der Waals surface area (Å²) in [5.41, 5.74) is 5.35. The van der Waals surface area contributed by atoms with Crippen molar-refractivity contribution in [3.63, 3.8) is 0 Å². The van der Waals surface area contributed by atoms with Crippen LogP contribution in [0.15, 0.2) is 24.3 Å². The number of ether oxygens (including phenoxy) is 1. The smallest absolute Gasteiger partial charge is 0.323 e. The second-order valence-corrected chi connectivity index (χ2v) is 4.84. The zero-order valence-electron chi connectivity index (χ0n) is 11.3. The number of aliphatic carboxylic acids is 1. The highest BCUT2D eigenvalue weighted by atomic mass is 16.5. The molecule has 1 aromatic carbocycles. The minimum absolute atomic E-state index is 0.0133. The number of hydrogen-bond acceptors (Lipinski definition) is 4. The predicted octanol–water partition coefficient (Wildman–Crippen LogP) is 0.240. The van der Waals surface area contributed by atoms with Gasteiger partial charge in [-0.25, -0.2) is 0 Å². The minimum Gasteiger partial charge on any atom is -0.484 e. The molecule has 0 bridgehead atoms. The fourth-order valence-corrected chi connectivity index (χ4v) is 1.91. The summed E-state index contributed by atoms with van der Waals surface area (Å²) in [5.74, 6) is -1.52. The molecule has 2 rings (SSSR count). The lowest BCUT2D eigenvalue weighted by Gasteiger charge is -2.20. The number of nitrogens with zero attached hydrogens (tertiary/aromatic N) is 1. The lowest BCUT2D eigenvalue weighted by atomic mass is 10.2. The van der Waals surface area contributed by atoms with Crippen molar-refractivity contribution in [2.45, 2.75) is 18.9 Å². The quantitative estimate of drug-likeness (QED) is 0.748. The van der Waals surface area contributed by atoms with Crippen LogP contribution in [0.3, 0.4) is 0 Å². The third kappa shape index (κ3) is 4.20. The van der Waals surface area contributed by atoms with Crippen LogP contribution in [0.5, 0.6) is 5.75 Å². The average molecular weight is 292 g/mol. The van der Waals surface area contributed by atoms with E-state index < -0.39 is 11.9 Å². The van der Waals surface area contributed by atoms with Crippen LogP contribution in [0.4, 0.5) is 0 Å². The van der Waals surface area contributed by atoms with E-state index in [1.54, 1.807) is 12.1 Å². The van der Waals surface area contributed by atoms with Crippen molar-refractivity contribution >= 4 is 17.8 Å². The molecule has 21 heavy (non-hydrogen) atoms. The van der Waals surface area contributed by atoms with Gasteiger partial charge in [0, 0.05) is 11.6 Å². The molecule has 112 valence electrons. The number of carbonyl (C=O) groups is 3. The van der Waals surface area contributed by atoms with Crippen molar-refractivity contribution in [2.24, 2.45) is 5.73 Å². The monoisotopic (exact) mass is 292 g/mol. The normalized spacial score (nSPS) is 13.5. The van der Waals surface area contributed by atoms with Crippen molar-refractivity contribution < 1.29 is 24.2 Å². The molecule has 1 saturated carbocycles. The molecular formula is C14H16N2O5. The van der Waals surface area contributed by atoms with Crippen molar-refractivity contribution in [3.05, 3.63) is 29.8 Å². The number of primary amides is 1. The van der Waals surface area contributed by atoms with E-state index in [4.69, 9.17) is 15.6 Å². The maximum Gasteiger partial charge on any atom is 0.323 e. The van der Waals surface area contributed by atoms with Crippen LogP contribution in [-0.4, -0.2) is 47.0 Å². The molecule has 1 aromatic rings. The molecule has 0 radical (unpaired) electrons. The Morgan fingerprint density at radius 3 is 2.33 bits per heavy atom. The van der Waals surface area contributed by atoms with Crippen molar-refractivity contribution in [3.8, 4) is 5.75 Å². The molecule has 0 aliphatic heterocycles. The Kier molecular flexibility index (Phi) is 4.42. The summed E-state index contributed by atoms with van der Waals surface area (Å²) < 4.78 is 5.09. The Labute approximate surface area is 121 Å². The third-order valence-electron chi connectivity index (χ3n) is 3.04. The van der Waals surface area contributed by atoms with E-state index in [1.165, 1.54) is 17.0 Å². The third-order valence-corrected chi connectivity index (χ3v) is 3.04. The molecule has 7 nitrogen and oxygen atoms in total. The highest BCUT2D eigenvalue weighted by Crippen LogP contribution is 2.28. The molecule has 2 amide bonds. The standard InChI is InChI=1S/C14H16N2O5/c15-12(17)8-21-11-5-1-9(2-6-11)14(20)16(7-13(18)19)10-3-4-10/h1-2,5-6,10H,3-4,7-8H2,(H2,15,17)(H,18,19). The molecule has 0 heterocycles. The zero-order chi connectivity index (χ0) is 15.4. The van der Waals surface area contributed by atoms with Gasteiger partial charge in [0.15, 0.2) is 6.61 Å². The van der Waals surface area contributed by atoms with Crippen LogP contribution in [0, 0.1) is 0 Å². The average Bonchev–Trinajstić information content (AvgIpc) is 3.26. The van der Waals surface area contributed by atoms with Gasteiger partial charge in [0.1, 0.15) is 12.3 Å². The first kappa shape index (κ1) is 14.8. The van der Waals surface area contributed by atoms with Gasteiger partial charge in [-0.3, -0.25) is 14.4 Å². The summed E-state index contributed by atoms with van der Waals surface area (Å²) in [4.78, 5) is 35.1. The number of carbonyl (C=O) groups excluding carboxylic acids is 2. The lowest BCUT2D eigenvalue weighted by molar-refractivity contribution is -0.137. The van der Waals surface area contributed by atoms with E-state index in [9.17, 15) is 14.4 Å². The molecule has 0 spiro atoms. The summed E-state index contributed by atoms with van der Waals surface area (Å²) in [6, 6.07) is 6.18. The molecule has 7 heteroatoms. The first-order valence-corrected chi connectivity index (χ1v) is 6.51. The van der Waals surface area contributed by atoms with Gasteiger partial charge in [-0.05, 0) is 37.1 Å². The summed E-state index contributed by atoms with van der Waals surface area (Å²) >= 11 is 0. The molecule has 1 aliphatic rings. The van der Waals surface area contributed by atoms with Crippen molar-refractivity contribution in [1.82, 2.24) is 4.90 Å². The lowest BCUT2D eigenvalue weighted by Crippen LogP contribution is -2.37. The van der Waals surface area contributed by atoms with Crippen LogP contribution in [0.2, 0.25) is 0 Å². The summed E-state index contributed by atoms with van der Waals surface area (Å²) in [6.07, 6.45) is 1.66. The predicted molar refractivity (Wildman–Crippen MR) is 72.8 cm³/mol. The van der Waals surface area contributed by atoms with Gasteiger partial charge in [-0.2, -0.15) is 0 Å². The SMILES string of the molecule is NC(=O)COc1ccc(C(=O)N(CC(=O)O)C2CC2)cc1. The van der Waals surface area contributed by atoms with E-state index in [0.717, 1.165) is 12.8 Å². The molecule has 0 saturated heterocycles. The minimum atomic E-state index is -1.03. The molecule has 1 fully saturated rings. The van der Waals surface area contributed by atoms with E-state index in [0.29, 0.717) is 11.3 Å². The van der Waals surface area contributed by atoms with Gasteiger partial charge in [0.05, 0.1) is 0 Å². The van der Waals surface area contributed by atoms with E-state index in [1.807, 2.05) is 0 Å². The van der Waals surface area contributed by atoms with E-state index >= 15 is 0 Å².